The minimum Gasteiger partial charge on any atom is -0.450 e. The molecule has 0 radical (unpaired) electrons. The second-order valence-electron chi connectivity index (χ2n) is 5.54. The minimum absolute atomic E-state index is 0.208. The SMILES string of the molecule is CCOC(=O)N1CCC(NC(N)=NCc2ccc(Br)cc2Cl)CC1. The van der Waals surface area contributed by atoms with E-state index >= 15 is 0 Å². The maximum atomic E-state index is 11.7. The van der Waals surface area contributed by atoms with E-state index < -0.39 is 0 Å². The summed E-state index contributed by atoms with van der Waals surface area (Å²) in [5.74, 6) is 0.392. The summed E-state index contributed by atoms with van der Waals surface area (Å²) in [5, 5.41) is 3.86. The van der Waals surface area contributed by atoms with E-state index in [0.717, 1.165) is 22.9 Å². The van der Waals surface area contributed by atoms with Crippen molar-refractivity contribution >= 4 is 39.6 Å². The first-order chi connectivity index (χ1) is 11.5. The third-order valence-corrected chi connectivity index (χ3v) is 4.65. The van der Waals surface area contributed by atoms with E-state index in [4.69, 9.17) is 22.1 Å². The molecule has 1 saturated heterocycles. The van der Waals surface area contributed by atoms with Crippen LogP contribution in [0.15, 0.2) is 27.7 Å². The third-order valence-electron chi connectivity index (χ3n) is 3.81. The van der Waals surface area contributed by atoms with E-state index in [2.05, 4.69) is 26.2 Å². The fourth-order valence-electron chi connectivity index (χ4n) is 2.50. The lowest BCUT2D eigenvalue weighted by molar-refractivity contribution is 0.0963. The number of piperidine rings is 1. The molecule has 1 fully saturated rings. The lowest BCUT2D eigenvalue weighted by Crippen LogP contribution is -2.48. The molecule has 0 saturated carbocycles. The summed E-state index contributed by atoms with van der Waals surface area (Å²) < 4.78 is 5.94. The Labute approximate surface area is 155 Å². The molecular formula is C16H22BrClN4O2. The molecule has 0 atom stereocenters. The zero-order chi connectivity index (χ0) is 17.5. The van der Waals surface area contributed by atoms with Gasteiger partial charge in [-0.3, -0.25) is 0 Å². The predicted octanol–water partition coefficient (Wildman–Crippen LogP) is 3.13. The van der Waals surface area contributed by atoms with E-state index in [1.807, 2.05) is 18.2 Å². The van der Waals surface area contributed by atoms with Gasteiger partial charge in [-0.1, -0.05) is 33.6 Å². The number of carbonyl (C=O) groups is 1. The van der Waals surface area contributed by atoms with Crippen LogP contribution in [-0.2, 0) is 11.3 Å². The van der Waals surface area contributed by atoms with Gasteiger partial charge in [0.15, 0.2) is 5.96 Å². The van der Waals surface area contributed by atoms with E-state index in [1.54, 1.807) is 11.8 Å². The van der Waals surface area contributed by atoms with E-state index in [-0.39, 0.29) is 12.1 Å². The molecule has 1 heterocycles. The summed E-state index contributed by atoms with van der Waals surface area (Å²) in [7, 11) is 0. The number of nitrogens with two attached hydrogens (primary N) is 1. The quantitative estimate of drug-likeness (QED) is 0.582. The standard InChI is InChI=1S/C16H22BrClN4O2/c1-2-24-16(23)22-7-5-13(6-8-22)21-15(19)20-10-11-3-4-12(17)9-14(11)18/h3-4,9,13H,2,5-8,10H2,1H3,(H3,19,20,21). The monoisotopic (exact) mass is 416 g/mol. The van der Waals surface area contributed by atoms with Gasteiger partial charge >= 0.3 is 6.09 Å². The van der Waals surface area contributed by atoms with Crippen molar-refractivity contribution in [2.75, 3.05) is 19.7 Å². The third kappa shape index (κ3) is 5.56. The van der Waals surface area contributed by atoms with Crippen LogP contribution >= 0.6 is 27.5 Å². The van der Waals surface area contributed by atoms with Gasteiger partial charge in [-0.2, -0.15) is 0 Å². The summed E-state index contributed by atoms with van der Waals surface area (Å²) in [6.07, 6.45) is 1.38. The summed E-state index contributed by atoms with van der Waals surface area (Å²) in [6, 6.07) is 5.88. The number of amides is 1. The number of carbonyl (C=O) groups excluding carboxylic acids is 1. The summed E-state index contributed by atoms with van der Waals surface area (Å²) >= 11 is 9.54. The molecule has 132 valence electrons. The maximum absolute atomic E-state index is 11.7. The van der Waals surface area contributed by atoms with Crippen molar-refractivity contribution < 1.29 is 9.53 Å². The highest BCUT2D eigenvalue weighted by atomic mass is 79.9. The summed E-state index contributed by atoms with van der Waals surface area (Å²) in [5.41, 5.74) is 6.87. The molecule has 0 bridgehead atoms. The molecule has 24 heavy (non-hydrogen) atoms. The van der Waals surface area contributed by atoms with Gasteiger partial charge in [0.05, 0.1) is 13.2 Å². The lowest BCUT2D eigenvalue weighted by atomic mass is 10.1. The van der Waals surface area contributed by atoms with Crippen LogP contribution in [0.3, 0.4) is 0 Å². The molecule has 0 unspecified atom stereocenters. The number of guanidine groups is 1. The average Bonchev–Trinajstić information content (AvgIpc) is 2.55. The Bertz CT molecular complexity index is 604. The van der Waals surface area contributed by atoms with E-state index in [9.17, 15) is 4.79 Å². The van der Waals surface area contributed by atoms with Crippen LogP contribution in [0.1, 0.15) is 25.3 Å². The normalized spacial score (nSPS) is 16.1. The van der Waals surface area contributed by atoms with Gasteiger partial charge < -0.3 is 20.7 Å². The number of nitrogens with one attached hydrogen (secondary N) is 1. The number of ether oxygens (including phenoxy) is 1. The molecule has 1 aliphatic rings. The number of nitrogens with zero attached hydrogens (tertiary/aromatic N) is 2. The maximum Gasteiger partial charge on any atom is 0.409 e. The van der Waals surface area contributed by atoms with Crippen LogP contribution in [0, 0.1) is 0 Å². The number of halogens is 2. The first-order valence-electron chi connectivity index (χ1n) is 7.91. The van der Waals surface area contributed by atoms with Crippen molar-refractivity contribution in [3.05, 3.63) is 33.3 Å². The molecule has 2 rings (SSSR count). The molecule has 1 aromatic rings. The molecule has 0 aromatic heterocycles. The second-order valence-corrected chi connectivity index (χ2v) is 6.86. The molecule has 8 heteroatoms. The first-order valence-corrected chi connectivity index (χ1v) is 9.08. The Kier molecular flexibility index (Phi) is 7.17. The van der Waals surface area contributed by atoms with Crippen molar-refractivity contribution in [2.24, 2.45) is 10.7 Å². The molecule has 1 aliphatic heterocycles. The summed E-state index contributed by atoms with van der Waals surface area (Å²) in [4.78, 5) is 17.7. The largest absolute Gasteiger partial charge is 0.450 e. The van der Waals surface area contributed by atoms with Gasteiger partial charge in [0, 0.05) is 28.6 Å². The smallest absolute Gasteiger partial charge is 0.409 e. The summed E-state index contributed by atoms with van der Waals surface area (Å²) in [6.45, 7) is 3.94. The van der Waals surface area contributed by atoms with Crippen LogP contribution in [-0.4, -0.2) is 42.7 Å². The number of likely N-dealkylation sites (tertiary alicyclic amines) is 1. The van der Waals surface area contributed by atoms with E-state index in [0.29, 0.717) is 37.2 Å². The zero-order valence-electron chi connectivity index (χ0n) is 13.6. The van der Waals surface area contributed by atoms with Gasteiger partial charge in [0.1, 0.15) is 0 Å². The van der Waals surface area contributed by atoms with Crippen molar-refractivity contribution in [3.63, 3.8) is 0 Å². The Morgan fingerprint density at radius 2 is 2.21 bits per heavy atom. The number of hydrogen-bond donors (Lipinski definition) is 2. The van der Waals surface area contributed by atoms with Crippen LogP contribution in [0.2, 0.25) is 5.02 Å². The highest BCUT2D eigenvalue weighted by molar-refractivity contribution is 9.10. The van der Waals surface area contributed by atoms with Crippen molar-refractivity contribution in [3.8, 4) is 0 Å². The molecule has 0 aliphatic carbocycles. The average molecular weight is 418 g/mol. The van der Waals surface area contributed by atoms with Gasteiger partial charge in [-0.05, 0) is 37.5 Å². The molecule has 6 nitrogen and oxygen atoms in total. The Morgan fingerprint density at radius 3 is 2.83 bits per heavy atom. The Morgan fingerprint density at radius 1 is 1.50 bits per heavy atom. The van der Waals surface area contributed by atoms with Gasteiger partial charge in [-0.25, -0.2) is 9.79 Å². The molecule has 1 amide bonds. The van der Waals surface area contributed by atoms with Crippen LogP contribution in [0.4, 0.5) is 4.79 Å². The number of hydrogen-bond acceptors (Lipinski definition) is 3. The fraction of sp³-hybridized carbons (Fsp3) is 0.500. The fourth-order valence-corrected chi connectivity index (χ4v) is 3.23. The Balaban J connectivity index is 1.80. The predicted molar refractivity (Wildman–Crippen MR) is 99.2 cm³/mol. The zero-order valence-corrected chi connectivity index (χ0v) is 15.9. The second kappa shape index (κ2) is 9.13. The Hall–Kier alpha value is -1.47. The molecule has 0 spiro atoms. The number of rotatable bonds is 4. The van der Waals surface area contributed by atoms with Gasteiger partial charge in [0.25, 0.3) is 0 Å². The molecule has 1 aromatic carbocycles. The minimum atomic E-state index is -0.248. The lowest BCUT2D eigenvalue weighted by Gasteiger charge is -2.31. The van der Waals surface area contributed by atoms with Crippen LogP contribution < -0.4 is 11.1 Å². The van der Waals surface area contributed by atoms with Gasteiger partial charge in [0.2, 0.25) is 0 Å². The number of aliphatic imine (C=N–C) groups is 1. The number of benzene rings is 1. The highest BCUT2D eigenvalue weighted by Crippen LogP contribution is 2.21. The molecular weight excluding hydrogens is 396 g/mol. The van der Waals surface area contributed by atoms with Crippen LogP contribution in [0.25, 0.3) is 0 Å². The van der Waals surface area contributed by atoms with Crippen molar-refractivity contribution in [2.45, 2.75) is 32.4 Å². The first kappa shape index (κ1) is 18.9. The van der Waals surface area contributed by atoms with E-state index in [1.165, 1.54) is 0 Å². The van der Waals surface area contributed by atoms with Gasteiger partial charge in [-0.15, -0.1) is 0 Å². The molecule has 3 N–H and O–H groups in total. The topological polar surface area (TPSA) is 80.0 Å². The van der Waals surface area contributed by atoms with Crippen LogP contribution in [0.5, 0.6) is 0 Å². The van der Waals surface area contributed by atoms with Crippen molar-refractivity contribution in [1.29, 1.82) is 0 Å². The van der Waals surface area contributed by atoms with Crippen molar-refractivity contribution in [1.82, 2.24) is 10.2 Å². The highest BCUT2D eigenvalue weighted by Gasteiger charge is 2.23.